The van der Waals surface area contributed by atoms with Gasteiger partial charge in [0.05, 0.1) is 13.2 Å². The Hall–Kier alpha value is -1.98. The molecule has 5 heteroatoms. The zero-order valence-corrected chi connectivity index (χ0v) is 16.1. The molecule has 0 aliphatic heterocycles. The molecule has 2 aromatic rings. The fourth-order valence-corrected chi connectivity index (χ4v) is 3.39. The van der Waals surface area contributed by atoms with Crippen LogP contribution in [-0.2, 0) is 22.3 Å². The number of methoxy groups -OCH3 is 2. The summed E-state index contributed by atoms with van der Waals surface area (Å²) in [5.74, 6) is 1.87. The van der Waals surface area contributed by atoms with E-state index in [2.05, 4.69) is 36.1 Å². The SMILES string of the molecule is COCCN(CCOC)c1nc(-c2ccc(C)cc2)nc2c1CCCC2. The van der Waals surface area contributed by atoms with Gasteiger partial charge < -0.3 is 14.4 Å². The van der Waals surface area contributed by atoms with E-state index in [4.69, 9.17) is 19.4 Å². The van der Waals surface area contributed by atoms with Gasteiger partial charge in [0.15, 0.2) is 5.82 Å². The van der Waals surface area contributed by atoms with Crippen LogP contribution < -0.4 is 4.90 Å². The molecule has 0 atom stereocenters. The predicted octanol–water partition coefficient (Wildman–Crippen LogP) is 3.43. The first-order valence-electron chi connectivity index (χ1n) is 9.42. The van der Waals surface area contributed by atoms with Crippen LogP contribution >= 0.6 is 0 Å². The van der Waals surface area contributed by atoms with Crippen molar-refractivity contribution in [1.29, 1.82) is 0 Å². The standard InChI is InChI=1S/C21H29N3O2/c1-16-8-10-17(11-9-16)20-22-19-7-5-4-6-18(19)21(23-20)24(12-14-25-2)13-15-26-3/h8-11H,4-7,12-15H2,1-3H3. The smallest absolute Gasteiger partial charge is 0.161 e. The Balaban J connectivity index is 2.02. The summed E-state index contributed by atoms with van der Waals surface area (Å²) in [6.07, 6.45) is 4.49. The normalized spacial score (nSPS) is 13.5. The van der Waals surface area contributed by atoms with E-state index >= 15 is 0 Å². The van der Waals surface area contributed by atoms with Crippen molar-refractivity contribution in [1.82, 2.24) is 9.97 Å². The molecule has 1 aliphatic carbocycles. The maximum absolute atomic E-state index is 5.32. The number of aryl methyl sites for hydroxylation is 2. The van der Waals surface area contributed by atoms with E-state index in [0.717, 1.165) is 43.1 Å². The Morgan fingerprint density at radius 1 is 0.923 bits per heavy atom. The van der Waals surface area contributed by atoms with Gasteiger partial charge >= 0.3 is 0 Å². The molecule has 0 saturated heterocycles. The van der Waals surface area contributed by atoms with Crippen LogP contribution in [0.3, 0.4) is 0 Å². The van der Waals surface area contributed by atoms with Crippen LogP contribution in [0.25, 0.3) is 11.4 Å². The number of fused-ring (bicyclic) bond motifs is 1. The molecular formula is C21H29N3O2. The van der Waals surface area contributed by atoms with Gasteiger partial charge in [-0.05, 0) is 32.6 Å². The summed E-state index contributed by atoms with van der Waals surface area (Å²) in [4.78, 5) is 12.2. The second kappa shape index (κ2) is 9.10. The number of rotatable bonds is 8. The Morgan fingerprint density at radius 2 is 1.58 bits per heavy atom. The molecule has 0 bridgehead atoms. The Bertz CT molecular complexity index is 708. The highest BCUT2D eigenvalue weighted by molar-refractivity contribution is 5.61. The van der Waals surface area contributed by atoms with Gasteiger partial charge in [-0.1, -0.05) is 29.8 Å². The van der Waals surface area contributed by atoms with Crippen LogP contribution in [0.2, 0.25) is 0 Å². The Kier molecular flexibility index (Phi) is 6.58. The van der Waals surface area contributed by atoms with Gasteiger partial charge in [-0.25, -0.2) is 9.97 Å². The fraction of sp³-hybridized carbons (Fsp3) is 0.524. The van der Waals surface area contributed by atoms with E-state index in [1.807, 2.05) is 0 Å². The quantitative estimate of drug-likeness (QED) is 0.726. The van der Waals surface area contributed by atoms with Gasteiger partial charge in [-0.2, -0.15) is 0 Å². The number of hydrogen-bond donors (Lipinski definition) is 0. The lowest BCUT2D eigenvalue weighted by atomic mass is 9.95. The van der Waals surface area contributed by atoms with E-state index in [0.29, 0.717) is 13.2 Å². The van der Waals surface area contributed by atoms with Crippen molar-refractivity contribution in [3.8, 4) is 11.4 Å². The zero-order valence-electron chi connectivity index (χ0n) is 16.1. The minimum atomic E-state index is 0.669. The number of anilines is 1. The molecule has 0 N–H and O–H groups in total. The summed E-state index contributed by atoms with van der Waals surface area (Å²) in [7, 11) is 3.48. The molecule has 1 heterocycles. The molecule has 1 aromatic carbocycles. The molecule has 3 rings (SSSR count). The van der Waals surface area contributed by atoms with Gasteiger partial charge in [-0.3, -0.25) is 0 Å². The summed E-state index contributed by atoms with van der Waals surface area (Å²) in [5.41, 5.74) is 4.83. The average Bonchev–Trinajstić information content (AvgIpc) is 2.68. The number of benzene rings is 1. The summed E-state index contributed by atoms with van der Waals surface area (Å²) >= 11 is 0. The van der Waals surface area contributed by atoms with Crippen molar-refractivity contribution in [2.75, 3.05) is 45.4 Å². The molecule has 1 aromatic heterocycles. The molecular weight excluding hydrogens is 326 g/mol. The van der Waals surface area contributed by atoms with Crippen LogP contribution in [-0.4, -0.2) is 50.5 Å². The first kappa shape index (κ1) is 18.8. The largest absolute Gasteiger partial charge is 0.383 e. The molecule has 0 fully saturated rings. The van der Waals surface area contributed by atoms with Gasteiger partial charge in [0.1, 0.15) is 5.82 Å². The first-order chi connectivity index (χ1) is 12.7. The van der Waals surface area contributed by atoms with Gasteiger partial charge in [0.2, 0.25) is 0 Å². The van der Waals surface area contributed by atoms with Crippen molar-refractivity contribution in [2.45, 2.75) is 32.6 Å². The van der Waals surface area contributed by atoms with Gasteiger partial charge in [-0.15, -0.1) is 0 Å². The van der Waals surface area contributed by atoms with Crippen LogP contribution in [0.4, 0.5) is 5.82 Å². The predicted molar refractivity (Wildman–Crippen MR) is 105 cm³/mol. The highest BCUT2D eigenvalue weighted by Crippen LogP contribution is 2.30. The minimum absolute atomic E-state index is 0.669. The van der Waals surface area contributed by atoms with Crippen molar-refractivity contribution in [3.05, 3.63) is 41.1 Å². The van der Waals surface area contributed by atoms with Crippen molar-refractivity contribution in [3.63, 3.8) is 0 Å². The lowest BCUT2D eigenvalue weighted by Crippen LogP contribution is -2.33. The monoisotopic (exact) mass is 355 g/mol. The lowest BCUT2D eigenvalue weighted by Gasteiger charge is -2.28. The second-order valence-corrected chi connectivity index (χ2v) is 6.84. The summed E-state index contributed by atoms with van der Waals surface area (Å²) in [5, 5.41) is 0. The third-order valence-electron chi connectivity index (χ3n) is 4.90. The van der Waals surface area contributed by atoms with E-state index in [1.165, 1.54) is 29.7 Å². The molecule has 0 saturated carbocycles. The van der Waals surface area contributed by atoms with Crippen LogP contribution in [0, 0.1) is 6.92 Å². The zero-order chi connectivity index (χ0) is 18.4. The Labute approximate surface area is 156 Å². The summed E-state index contributed by atoms with van der Waals surface area (Å²) in [6, 6.07) is 8.45. The number of hydrogen-bond acceptors (Lipinski definition) is 5. The van der Waals surface area contributed by atoms with E-state index in [9.17, 15) is 0 Å². The maximum atomic E-state index is 5.32. The van der Waals surface area contributed by atoms with Crippen molar-refractivity contribution < 1.29 is 9.47 Å². The van der Waals surface area contributed by atoms with Gasteiger partial charge in [0, 0.05) is 44.1 Å². The van der Waals surface area contributed by atoms with E-state index in [1.54, 1.807) is 14.2 Å². The first-order valence-corrected chi connectivity index (χ1v) is 9.42. The molecule has 1 aliphatic rings. The van der Waals surface area contributed by atoms with Gasteiger partial charge in [0.25, 0.3) is 0 Å². The highest BCUT2D eigenvalue weighted by Gasteiger charge is 2.22. The molecule has 0 amide bonds. The summed E-state index contributed by atoms with van der Waals surface area (Å²) < 4.78 is 10.6. The number of ether oxygens (including phenoxy) is 2. The molecule has 0 unspecified atom stereocenters. The Morgan fingerprint density at radius 3 is 2.23 bits per heavy atom. The summed E-state index contributed by atoms with van der Waals surface area (Å²) in [6.45, 7) is 5.04. The third-order valence-corrected chi connectivity index (χ3v) is 4.90. The highest BCUT2D eigenvalue weighted by atomic mass is 16.5. The van der Waals surface area contributed by atoms with Crippen LogP contribution in [0.15, 0.2) is 24.3 Å². The average molecular weight is 355 g/mol. The second-order valence-electron chi connectivity index (χ2n) is 6.84. The third kappa shape index (κ3) is 4.40. The molecule has 0 radical (unpaired) electrons. The fourth-order valence-electron chi connectivity index (χ4n) is 3.39. The van der Waals surface area contributed by atoms with E-state index in [-0.39, 0.29) is 0 Å². The number of aromatic nitrogens is 2. The molecule has 0 spiro atoms. The molecule has 5 nitrogen and oxygen atoms in total. The van der Waals surface area contributed by atoms with Crippen LogP contribution in [0.5, 0.6) is 0 Å². The minimum Gasteiger partial charge on any atom is -0.383 e. The lowest BCUT2D eigenvalue weighted by molar-refractivity contribution is 0.190. The molecule has 26 heavy (non-hydrogen) atoms. The topological polar surface area (TPSA) is 47.5 Å². The number of nitrogens with zero attached hydrogens (tertiary/aromatic N) is 3. The van der Waals surface area contributed by atoms with Crippen LogP contribution in [0.1, 0.15) is 29.7 Å². The molecule has 140 valence electrons. The van der Waals surface area contributed by atoms with E-state index < -0.39 is 0 Å². The maximum Gasteiger partial charge on any atom is 0.161 e. The van der Waals surface area contributed by atoms with Crippen molar-refractivity contribution >= 4 is 5.82 Å². The van der Waals surface area contributed by atoms with Crippen molar-refractivity contribution in [2.24, 2.45) is 0 Å².